The van der Waals surface area contributed by atoms with Crippen molar-refractivity contribution in [2.45, 2.75) is 57.4 Å². The number of carbonyl (C=O) groups excluding carboxylic acids is 1. The van der Waals surface area contributed by atoms with Gasteiger partial charge in [0.05, 0.1) is 12.1 Å². The average molecular weight is 341 g/mol. The summed E-state index contributed by atoms with van der Waals surface area (Å²) < 4.78 is 5.66. The van der Waals surface area contributed by atoms with Crippen LogP contribution in [0.1, 0.15) is 57.4 Å². The van der Waals surface area contributed by atoms with E-state index in [-0.39, 0.29) is 18.3 Å². The van der Waals surface area contributed by atoms with Crippen LogP contribution in [0.2, 0.25) is 0 Å². The van der Waals surface area contributed by atoms with Crippen molar-refractivity contribution in [2.24, 2.45) is 5.73 Å². The van der Waals surface area contributed by atoms with Crippen molar-refractivity contribution in [1.82, 2.24) is 5.32 Å². The molecule has 1 aliphatic carbocycles. The minimum absolute atomic E-state index is 0. The van der Waals surface area contributed by atoms with E-state index in [1.54, 1.807) is 0 Å². The normalized spacial score (nSPS) is 16.5. The van der Waals surface area contributed by atoms with Gasteiger partial charge in [0.1, 0.15) is 12.4 Å². The van der Waals surface area contributed by atoms with E-state index < -0.39 is 5.54 Å². The Morgan fingerprint density at radius 2 is 1.83 bits per heavy atom. The zero-order valence-corrected chi connectivity index (χ0v) is 15.0. The molecule has 0 atom stereocenters. The highest BCUT2D eigenvalue weighted by Gasteiger charge is 2.34. The Hall–Kier alpha value is -1.26. The summed E-state index contributed by atoms with van der Waals surface area (Å²) in [5, 5.41) is 2.90. The minimum Gasteiger partial charge on any atom is -0.492 e. The lowest BCUT2D eigenvalue weighted by molar-refractivity contribution is -0.127. The summed E-state index contributed by atoms with van der Waals surface area (Å²) in [4.78, 5) is 12.2. The summed E-state index contributed by atoms with van der Waals surface area (Å²) in [6, 6.07) is 8.11. The first-order chi connectivity index (χ1) is 10.5. The first-order valence-corrected chi connectivity index (χ1v) is 8.31. The van der Waals surface area contributed by atoms with Crippen LogP contribution in [0.15, 0.2) is 24.3 Å². The summed E-state index contributed by atoms with van der Waals surface area (Å²) in [6.07, 6.45) is 4.85. The maximum atomic E-state index is 12.2. The van der Waals surface area contributed by atoms with Crippen molar-refractivity contribution in [3.63, 3.8) is 0 Å². The quantitative estimate of drug-likeness (QED) is 0.780. The van der Waals surface area contributed by atoms with Crippen LogP contribution >= 0.6 is 12.4 Å². The van der Waals surface area contributed by atoms with E-state index in [0.717, 1.165) is 31.4 Å². The molecule has 1 aromatic rings. The summed E-state index contributed by atoms with van der Waals surface area (Å²) in [6.45, 7) is 5.28. The fourth-order valence-electron chi connectivity index (χ4n) is 2.87. The molecule has 2 rings (SSSR count). The molecule has 0 unspecified atom stereocenters. The van der Waals surface area contributed by atoms with Crippen molar-refractivity contribution in [2.75, 3.05) is 13.2 Å². The molecule has 23 heavy (non-hydrogen) atoms. The van der Waals surface area contributed by atoms with Crippen molar-refractivity contribution in [3.05, 3.63) is 29.8 Å². The Kier molecular flexibility index (Phi) is 7.86. The Bertz CT molecular complexity index is 482. The van der Waals surface area contributed by atoms with Gasteiger partial charge in [-0.1, -0.05) is 45.2 Å². The first-order valence-electron chi connectivity index (χ1n) is 8.31. The maximum Gasteiger partial charge on any atom is 0.240 e. The monoisotopic (exact) mass is 340 g/mol. The maximum absolute atomic E-state index is 12.2. The molecule has 1 aromatic carbocycles. The highest BCUT2D eigenvalue weighted by molar-refractivity contribution is 5.86. The summed E-state index contributed by atoms with van der Waals surface area (Å²) in [5.74, 6) is 1.31. The highest BCUT2D eigenvalue weighted by Crippen LogP contribution is 2.25. The fourth-order valence-corrected chi connectivity index (χ4v) is 2.87. The van der Waals surface area contributed by atoms with Crippen molar-refractivity contribution >= 4 is 18.3 Å². The highest BCUT2D eigenvalue weighted by atomic mass is 35.5. The minimum atomic E-state index is -0.669. The number of amides is 1. The molecule has 4 nitrogen and oxygen atoms in total. The number of rotatable bonds is 6. The van der Waals surface area contributed by atoms with Gasteiger partial charge in [-0.25, -0.2) is 0 Å². The summed E-state index contributed by atoms with van der Waals surface area (Å²) >= 11 is 0. The molecule has 0 saturated heterocycles. The number of nitrogens with one attached hydrogen (secondary N) is 1. The van der Waals surface area contributed by atoms with Crippen LogP contribution in [0.3, 0.4) is 0 Å². The molecule has 0 bridgehead atoms. The number of hydrogen-bond acceptors (Lipinski definition) is 3. The van der Waals surface area contributed by atoms with Gasteiger partial charge in [-0.15, -0.1) is 12.4 Å². The molecule has 3 N–H and O–H groups in total. The summed E-state index contributed by atoms with van der Waals surface area (Å²) in [5.41, 5.74) is 6.81. The summed E-state index contributed by atoms with van der Waals surface area (Å²) in [7, 11) is 0. The zero-order valence-electron chi connectivity index (χ0n) is 14.1. The van der Waals surface area contributed by atoms with Crippen LogP contribution in [0.5, 0.6) is 5.75 Å². The Morgan fingerprint density at radius 3 is 2.39 bits per heavy atom. The van der Waals surface area contributed by atoms with E-state index in [9.17, 15) is 4.79 Å². The molecule has 0 aromatic heterocycles. The lowest BCUT2D eigenvalue weighted by atomic mass is 9.82. The van der Waals surface area contributed by atoms with Crippen molar-refractivity contribution in [1.29, 1.82) is 0 Å². The van der Waals surface area contributed by atoms with Gasteiger partial charge in [0.25, 0.3) is 0 Å². The van der Waals surface area contributed by atoms with Gasteiger partial charge in [-0.05, 0) is 36.5 Å². The SMILES string of the molecule is CC(C)c1ccc(OCCNC(=O)C2(N)CCCCC2)cc1.Cl. The molecule has 5 heteroatoms. The lowest BCUT2D eigenvalue weighted by Crippen LogP contribution is -2.55. The molecular weight excluding hydrogens is 312 g/mol. The topological polar surface area (TPSA) is 64.3 Å². The molecular formula is C18H29ClN2O2. The average Bonchev–Trinajstić information content (AvgIpc) is 2.52. The first kappa shape index (κ1) is 19.8. The number of hydrogen-bond donors (Lipinski definition) is 2. The van der Waals surface area contributed by atoms with Crippen LogP contribution in [0.25, 0.3) is 0 Å². The van der Waals surface area contributed by atoms with Gasteiger partial charge in [0.2, 0.25) is 5.91 Å². The number of nitrogens with two attached hydrogens (primary N) is 1. The van der Waals surface area contributed by atoms with Gasteiger partial charge in [0.15, 0.2) is 0 Å². The van der Waals surface area contributed by atoms with E-state index in [0.29, 0.717) is 19.1 Å². The zero-order chi connectivity index (χ0) is 16.0. The van der Waals surface area contributed by atoms with Gasteiger partial charge in [0, 0.05) is 0 Å². The predicted octanol–water partition coefficient (Wildman–Crippen LogP) is 3.39. The van der Waals surface area contributed by atoms with Gasteiger partial charge in [-0.2, -0.15) is 0 Å². The van der Waals surface area contributed by atoms with E-state index in [1.165, 1.54) is 12.0 Å². The van der Waals surface area contributed by atoms with Crippen molar-refractivity contribution < 1.29 is 9.53 Å². The second-order valence-electron chi connectivity index (χ2n) is 6.54. The van der Waals surface area contributed by atoms with Crippen LogP contribution in [-0.2, 0) is 4.79 Å². The molecule has 130 valence electrons. The third-order valence-corrected chi connectivity index (χ3v) is 4.40. The van der Waals surface area contributed by atoms with Gasteiger partial charge in [-0.3, -0.25) is 4.79 Å². The fraction of sp³-hybridized carbons (Fsp3) is 0.611. The molecule has 1 amide bonds. The number of halogens is 1. The second-order valence-corrected chi connectivity index (χ2v) is 6.54. The molecule has 1 fully saturated rings. The number of benzene rings is 1. The van der Waals surface area contributed by atoms with E-state index in [4.69, 9.17) is 10.5 Å². The molecule has 0 radical (unpaired) electrons. The third-order valence-electron chi connectivity index (χ3n) is 4.40. The lowest BCUT2D eigenvalue weighted by Gasteiger charge is -2.31. The Morgan fingerprint density at radius 1 is 1.22 bits per heavy atom. The van der Waals surface area contributed by atoms with Gasteiger partial charge >= 0.3 is 0 Å². The third kappa shape index (κ3) is 5.70. The number of ether oxygens (including phenoxy) is 1. The van der Waals surface area contributed by atoms with Crippen molar-refractivity contribution in [3.8, 4) is 5.75 Å². The largest absolute Gasteiger partial charge is 0.492 e. The molecule has 0 aliphatic heterocycles. The van der Waals surface area contributed by atoms with E-state index in [2.05, 4.69) is 31.3 Å². The number of carbonyl (C=O) groups is 1. The molecule has 1 aliphatic rings. The Balaban J connectivity index is 0.00000264. The van der Waals surface area contributed by atoms with Gasteiger partial charge < -0.3 is 15.8 Å². The van der Waals surface area contributed by atoms with Crippen LogP contribution in [0.4, 0.5) is 0 Å². The van der Waals surface area contributed by atoms with Crippen LogP contribution in [0, 0.1) is 0 Å². The van der Waals surface area contributed by atoms with E-state index in [1.807, 2.05) is 12.1 Å². The Labute approximate surface area is 145 Å². The van der Waals surface area contributed by atoms with E-state index >= 15 is 0 Å². The smallest absolute Gasteiger partial charge is 0.240 e. The standard InChI is InChI=1S/C18H28N2O2.ClH/c1-14(2)15-6-8-16(9-7-15)22-13-12-20-17(21)18(19)10-4-3-5-11-18;/h6-9,14H,3-5,10-13,19H2,1-2H3,(H,20,21);1H. The second kappa shape index (κ2) is 9.14. The molecule has 0 heterocycles. The van der Waals surface area contributed by atoms with Crippen LogP contribution in [-0.4, -0.2) is 24.6 Å². The molecule has 0 spiro atoms. The van der Waals surface area contributed by atoms with Crippen LogP contribution < -0.4 is 15.8 Å². The predicted molar refractivity (Wildman–Crippen MR) is 96.3 cm³/mol. The molecule has 1 saturated carbocycles.